The standard InChI is InChI=1S/C45H72NOSi.HI/c1-4-6-8-10-12-14-16-18-20-31-39-46(3,40-32-21-19-17-15-13-11-9-7-5-2)41-42-47-48(43-33-25-22-26-34-43,44-35-27-23-28-36-44)45-37-29-24-30-38-45;/h22-30,33-38H,4-21,31-32,39-42H2,1-3H3;1H/q+1;/p-1. The van der Waals surface area contributed by atoms with Gasteiger partial charge in [-0.05, 0) is 41.2 Å². The average molecular weight is 798 g/mol. The van der Waals surface area contributed by atoms with Crippen molar-refractivity contribution in [3.05, 3.63) is 91.0 Å². The fourth-order valence-electron chi connectivity index (χ4n) is 7.49. The average Bonchev–Trinajstić information content (AvgIpc) is 3.13. The predicted octanol–water partition coefficient (Wildman–Crippen LogP) is 7.96. The monoisotopic (exact) mass is 797 g/mol. The third kappa shape index (κ3) is 16.6. The van der Waals surface area contributed by atoms with Crippen LogP contribution in [0, 0.1) is 0 Å². The van der Waals surface area contributed by atoms with Gasteiger partial charge in [-0.3, -0.25) is 0 Å². The van der Waals surface area contributed by atoms with E-state index in [1.807, 2.05) is 0 Å². The SMILES string of the molecule is CCCCCCCCCCCC[N+](C)(CCCCCCCCCCCC)CCO[Si](c1ccccc1)(c1ccccc1)c1ccccc1.[I-]. The van der Waals surface area contributed by atoms with Crippen LogP contribution in [0.4, 0.5) is 0 Å². The van der Waals surface area contributed by atoms with E-state index in [0.717, 1.165) is 17.6 Å². The molecule has 0 spiro atoms. The van der Waals surface area contributed by atoms with Crippen molar-refractivity contribution in [1.29, 1.82) is 0 Å². The third-order valence-electron chi connectivity index (χ3n) is 10.6. The quantitative estimate of drug-likeness (QED) is 0.0228. The predicted molar refractivity (Wildman–Crippen MR) is 214 cm³/mol. The van der Waals surface area contributed by atoms with E-state index in [1.165, 1.54) is 157 Å². The van der Waals surface area contributed by atoms with Crippen LogP contribution < -0.4 is 39.5 Å². The Balaban J connectivity index is 0.00000833. The number of hydrogen-bond donors (Lipinski definition) is 0. The molecular weight excluding hydrogens is 725 g/mol. The second-order valence-electron chi connectivity index (χ2n) is 14.8. The summed E-state index contributed by atoms with van der Waals surface area (Å²) < 4.78 is 8.54. The Morgan fingerprint density at radius 2 is 0.694 bits per heavy atom. The highest BCUT2D eigenvalue weighted by molar-refractivity contribution is 7.07. The maximum absolute atomic E-state index is 7.41. The van der Waals surface area contributed by atoms with Crippen molar-refractivity contribution in [2.24, 2.45) is 0 Å². The van der Waals surface area contributed by atoms with E-state index in [-0.39, 0.29) is 24.0 Å². The lowest BCUT2D eigenvalue weighted by atomic mass is 10.1. The molecule has 3 aromatic carbocycles. The highest BCUT2D eigenvalue weighted by Crippen LogP contribution is 2.17. The molecule has 0 atom stereocenters. The van der Waals surface area contributed by atoms with Crippen LogP contribution in [0.2, 0.25) is 0 Å². The minimum absolute atomic E-state index is 0. The molecule has 0 bridgehead atoms. The largest absolute Gasteiger partial charge is 1.00 e. The molecule has 0 radical (unpaired) electrons. The van der Waals surface area contributed by atoms with Crippen molar-refractivity contribution in [1.82, 2.24) is 0 Å². The molecule has 0 aliphatic rings. The highest BCUT2D eigenvalue weighted by Gasteiger charge is 2.42. The van der Waals surface area contributed by atoms with Gasteiger partial charge < -0.3 is 32.9 Å². The van der Waals surface area contributed by atoms with E-state index in [2.05, 4.69) is 112 Å². The molecule has 0 unspecified atom stereocenters. The lowest BCUT2D eigenvalue weighted by Gasteiger charge is -2.38. The van der Waals surface area contributed by atoms with Crippen LogP contribution in [-0.4, -0.2) is 46.1 Å². The molecule has 274 valence electrons. The molecule has 0 saturated heterocycles. The maximum atomic E-state index is 7.41. The molecule has 4 heteroatoms. The zero-order valence-electron chi connectivity index (χ0n) is 31.9. The van der Waals surface area contributed by atoms with Crippen LogP contribution in [-0.2, 0) is 4.43 Å². The van der Waals surface area contributed by atoms with Crippen LogP contribution >= 0.6 is 0 Å². The van der Waals surface area contributed by atoms with Crippen LogP contribution in [0.5, 0.6) is 0 Å². The Hall–Kier alpha value is -1.47. The van der Waals surface area contributed by atoms with Crippen LogP contribution in [0.15, 0.2) is 91.0 Å². The van der Waals surface area contributed by atoms with Gasteiger partial charge in [0.15, 0.2) is 0 Å². The molecule has 0 N–H and O–H groups in total. The molecule has 0 amide bonds. The van der Waals surface area contributed by atoms with E-state index in [0.29, 0.717) is 0 Å². The summed E-state index contributed by atoms with van der Waals surface area (Å²) in [4.78, 5) is 0. The van der Waals surface area contributed by atoms with Gasteiger partial charge in [-0.25, -0.2) is 0 Å². The zero-order chi connectivity index (χ0) is 34.0. The van der Waals surface area contributed by atoms with Crippen molar-refractivity contribution in [3.8, 4) is 0 Å². The molecule has 3 aromatic rings. The first-order valence-corrected chi connectivity index (χ1v) is 22.2. The van der Waals surface area contributed by atoms with Gasteiger partial charge in [0.05, 0.1) is 26.7 Å². The number of nitrogens with zero attached hydrogens (tertiary/aromatic N) is 1. The summed E-state index contributed by atoms with van der Waals surface area (Å²) in [5, 5.41) is 4.00. The molecule has 49 heavy (non-hydrogen) atoms. The minimum atomic E-state index is -2.66. The first-order valence-electron chi connectivity index (χ1n) is 20.3. The van der Waals surface area contributed by atoms with Gasteiger partial charge in [-0.1, -0.05) is 208 Å². The van der Waals surface area contributed by atoms with Crippen LogP contribution in [0.25, 0.3) is 0 Å². The molecule has 0 heterocycles. The summed E-state index contributed by atoms with van der Waals surface area (Å²) in [6, 6.07) is 33.3. The number of unbranched alkanes of at least 4 members (excludes halogenated alkanes) is 18. The summed E-state index contributed by atoms with van der Waals surface area (Å²) in [6.07, 6.45) is 28.0. The maximum Gasteiger partial charge on any atom is 0.288 e. The van der Waals surface area contributed by atoms with Crippen molar-refractivity contribution in [2.45, 2.75) is 142 Å². The second-order valence-corrected chi connectivity index (χ2v) is 18.2. The van der Waals surface area contributed by atoms with Gasteiger partial charge in [-0.2, -0.15) is 0 Å². The molecule has 3 rings (SSSR count). The minimum Gasteiger partial charge on any atom is -1.00 e. The number of rotatable bonds is 29. The number of likely N-dealkylation sites (N-methyl/N-ethyl adjacent to an activating group) is 1. The van der Waals surface area contributed by atoms with Crippen LogP contribution in [0.1, 0.15) is 142 Å². The Morgan fingerprint density at radius 1 is 0.408 bits per heavy atom. The van der Waals surface area contributed by atoms with Gasteiger partial charge in [0.1, 0.15) is 6.54 Å². The van der Waals surface area contributed by atoms with Crippen LogP contribution in [0.3, 0.4) is 0 Å². The topological polar surface area (TPSA) is 9.23 Å². The fraction of sp³-hybridized carbons (Fsp3) is 0.600. The fourth-order valence-corrected chi connectivity index (χ4v) is 11.4. The van der Waals surface area contributed by atoms with Gasteiger partial charge in [0, 0.05) is 0 Å². The second kappa shape index (κ2) is 27.2. The normalized spacial score (nSPS) is 11.8. The molecule has 0 fully saturated rings. The molecule has 0 aliphatic carbocycles. The smallest absolute Gasteiger partial charge is 0.288 e. The van der Waals surface area contributed by atoms with Crippen molar-refractivity contribution < 1.29 is 32.9 Å². The first kappa shape index (κ1) is 43.7. The molecule has 2 nitrogen and oxygen atoms in total. The van der Waals surface area contributed by atoms with E-state index in [9.17, 15) is 0 Å². The summed E-state index contributed by atoms with van der Waals surface area (Å²) in [5.41, 5.74) is 0. The summed E-state index contributed by atoms with van der Waals surface area (Å²) in [7, 11) is -0.135. The zero-order valence-corrected chi connectivity index (χ0v) is 35.0. The van der Waals surface area contributed by atoms with Crippen molar-refractivity contribution in [3.63, 3.8) is 0 Å². The van der Waals surface area contributed by atoms with E-state index >= 15 is 0 Å². The molecule has 0 aliphatic heterocycles. The molecule has 0 aromatic heterocycles. The van der Waals surface area contributed by atoms with Gasteiger partial charge in [0.25, 0.3) is 8.32 Å². The summed E-state index contributed by atoms with van der Waals surface area (Å²) in [6.45, 7) is 9.03. The molecule has 0 saturated carbocycles. The van der Waals surface area contributed by atoms with E-state index in [1.54, 1.807) is 0 Å². The number of quaternary nitrogens is 1. The summed E-state index contributed by atoms with van der Waals surface area (Å²) >= 11 is 0. The number of halogens is 1. The van der Waals surface area contributed by atoms with Crippen molar-refractivity contribution >= 4 is 23.9 Å². The Kier molecular flexibility index (Phi) is 24.3. The number of hydrogen-bond acceptors (Lipinski definition) is 1. The Labute approximate surface area is 321 Å². The van der Waals surface area contributed by atoms with Gasteiger partial charge in [-0.15, -0.1) is 0 Å². The van der Waals surface area contributed by atoms with E-state index in [4.69, 9.17) is 4.43 Å². The lowest BCUT2D eigenvalue weighted by molar-refractivity contribution is -0.910. The van der Waals surface area contributed by atoms with Gasteiger partial charge in [0.2, 0.25) is 0 Å². The summed E-state index contributed by atoms with van der Waals surface area (Å²) in [5.74, 6) is 0. The Bertz CT molecular complexity index is 1040. The first-order chi connectivity index (χ1) is 23.6. The number of benzene rings is 3. The van der Waals surface area contributed by atoms with Crippen molar-refractivity contribution in [2.75, 3.05) is 33.3 Å². The van der Waals surface area contributed by atoms with E-state index < -0.39 is 8.32 Å². The van der Waals surface area contributed by atoms with Gasteiger partial charge >= 0.3 is 0 Å². The molecular formula is C45H72INOSi. The lowest BCUT2D eigenvalue weighted by Crippen LogP contribution is -3.00. The Morgan fingerprint density at radius 3 is 1.00 bits per heavy atom. The third-order valence-corrected chi connectivity index (χ3v) is 14.7. The highest BCUT2D eigenvalue weighted by atomic mass is 127.